The van der Waals surface area contributed by atoms with Crippen LogP contribution in [0.25, 0.3) is 9.88 Å². The first-order valence-corrected chi connectivity index (χ1v) is 13.3. The van der Waals surface area contributed by atoms with Crippen LogP contribution in [0, 0.1) is 26.7 Å². The average molecular weight is 476 g/mol. The number of aromatic nitrogens is 1. The molecule has 1 atom stereocenters. The van der Waals surface area contributed by atoms with Gasteiger partial charge in [-0.05, 0) is 51.8 Å². The molecule has 1 N–H and O–H groups in total. The number of hydrogen-bond acceptors (Lipinski definition) is 6. The minimum atomic E-state index is -3.61. The van der Waals surface area contributed by atoms with Gasteiger partial charge in [0.25, 0.3) is 0 Å². The molecule has 0 bridgehead atoms. The smallest absolute Gasteiger partial charge is 0.243 e. The number of thiazole rings is 1. The molecule has 1 fully saturated rings. The van der Waals surface area contributed by atoms with Crippen molar-refractivity contribution in [2.45, 2.75) is 38.5 Å². The molecule has 1 aliphatic heterocycles. The normalized spacial score (nSPS) is 17.6. The van der Waals surface area contributed by atoms with E-state index in [9.17, 15) is 13.2 Å². The number of thiophene rings is 1. The topological polar surface area (TPSA) is 79.4 Å². The highest BCUT2D eigenvalue weighted by Crippen LogP contribution is 2.36. The van der Waals surface area contributed by atoms with E-state index in [1.54, 1.807) is 46.9 Å². The predicted octanol–water partition coefficient (Wildman–Crippen LogP) is 4.84. The molecule has 6 nitrogen and oxygen atoms in total. The standard InChI is InChI=1S/C22H25N3O3S3/c1-14-6-8-18(9-7-14)31(27,28)25-10-4-5-17(12-25)21(26)24-19-11-20(30-16(19)3)22-23-15(2)13-29-22/h6-9,11,13,17H,4-5,10,12H2,1-3H3,(H,24,26)/t17-/m0/s1. The van der Waals surface area contributed by atoms with Crippen molar-refractivity contribution in [2.75, 3.05) is 18.4 Å². The minimum Gasteiger partial charge on any atom is -0.325 e. The number of benzene rings is 1. The van der Waals surface area contributed by atoms with Crippen molar-refractivity contribution in [1.29, 1.82) is 0 Å². The lowest BCUT2D eigenvalue weighted by atomic mass is 9.99. The Balaban J connectivity index is 1.47. The number of aryl methyl sites for hydroxylation is 3. The van der Waals surface area contributed by atoms with Crippen LogP contribution in [0.3, 0.4) is 0 Å². The Bertz CT molecular complexity index is 1200. The molecule has 1 amide bonds. The summed E-state index contributed by atoms with van der Waals surface area (Å²) in [4.78, 5) is 19.8. The maximum atomic E-state index is 13.0. The van der Waals surface area contributed by atoms with Crippen LogP contribution in [-0.2, 0) is 14.8 Å². The van der Waals surface area contributed by atoms with E-state index in [0.29, 0.717) is 19.4 Å². The van der Waals surface area contributed by atoms with Crippen LogP contribution in [0.5, 0.6) is 0 Å². The second-order valence-corrected chi connectivity index (χ2v) is 11.9. The van der Waals surface area contributed by atoms with Gasteiger partial charge in [0.15, 0.2) is 0 Å². The average Bonchev–Trinajstić information content (AvgIpc) is 3.34. The number of anilines is 1. The quantitative estimate of drug-likeness (QED) is 0.573. The van der Waals surface area contributed by atoms with E-state index in [0.717, 1.165) is 31.7 Å². The Morgan fingerprint density at radius 1 is 1.19 bits per heavy atom. The van der Waals surface area contributed by atoms with Crippen molar-refractivity contribution in [3.05, 3.63) is 51.8 Å². The summed E-state index contributed by atoms with van der Waals surface area (Å²) in [6.45, 7) is 6.49. The fourth-order valence-electron chi connectivity index (χ4n) is 3.65. The van der Waals surface area contributed by atoms with Crippen LogP contribution >= 0.6 is 22.7 Å². The third kappa shape index (κ3) is 4.74. The number of nitrogens with zero attached hydrogens (tertiary/aromatic N) is 2. The summed E-state index contributed by atoms with van der Waals surface area (Å²) in [5, 5.41) is 5.97. The lowest BCUT2D eigenvalue weighted by Crippen LogP contribution is -2.43. The monoisotopic (exact) mass is 475 g/mol. The summed E-state index contributed by atoms with van der Waals surface area (Å²) in [6.07, 6.45) is 1.34. The van der Waals surface area contributed by atoms with E-state index in [-0.39, 0.29) is 23.3 Å². The van der Waals surface area contributed by atoms with E-state index in [2.05, 4.69) is 10.3 Å². The van der Waals surface area contributed by atoms with Gasteiger partial charge >= 0.3 is 0 Å². The number of amides is 1. The SMILES string of the molecule is Cc1ccc(S(=O)(=O)N2CCC[C@H](C(=O)Nc3cc(-c4nc(C)cs4)sc3C)C2)cc1. The van der Waals surface area contributed by atoms with Gasteiger partial charge in [0, 0.05) is 29.0 Å². The molecule has 1 aliphatic rings. The van der Waals surface area contributed by atoms with Crippen molar-refractivity contribution >= 4 is 44.3 Å². The summed E-state index contributed by atoms with van der Waals surface area (Å²) in [6, 6.07) is 8.81. The second-order valence-electron chi connectivity index (χ2n) is 7.88. The van der Waals surface area contributed by atoms with Crippen molar-refractivity contribution in [2.24, 2.45) is 5.92 Å². The van der Waals surface area contributed by atoms with Gasteiger partial charge in [-0.2, -0.15) is 4.31 Å². The van der Waals surface area contributed by atoms with Gasteiger partial charge in [0.2, 0.25) is 15.9 Å². The van der Waals surface area contributed by atoms with Crippen LogP contribution in [0.4, 0.5) is 5.69 Å². The van der Waals surface area contributed by atoms with E-state index in [1.165, 1.54) is 4.31 Å². The zero-order valence-electron chi connectivity index (χ0n) is 17.7. The van der Waals surface area contributed by atoms with Gasteiger partial charge < -0.3 is 5.32 Å². The molecule has 9 heteroatoms. The highest BCUT2D eigenvalue weighted by Gasteiger charge is 2.33. The number of sulfonamides is 1. The molecular weight excluding hydrogens is 450 g/mol. The largest absolute Gasteiger partial charge is 0.325 e. The Morgan fingerprint density at radius 2 is 1.94 bits per heavy atom. The summed E-state index contributed by atoms with van der Waals surface area (Å²) < 4.78 is 27.5. The van der Waals surface area contributed by atoms with Crippen LogP contribution < -0.4 is 5.32 Å². The molecule has 2 aromatic heterocycles. The summed E-state index contributed by atoms with van der Waals surface area (Å²) in [5.41, 5.74) is 2.76. The molecule has 4 rings (SSSR count). The predicted molar refractivity (Wildman–Crippen MR) is 126 cm³/mol. The van der Waals surface area contributed by atoms with Crippen LogP contribution in [0.1, 0.15) is 29.0 Å². The number of piperidine rings is 1. The van der Waals surface area contributed by atoms with Gasteiger partial charge in [0.05, 0.1) is 21.4 Å². The molecule has 31 heavy (non-hydrogen) atoms. The molecule has 0 aliphatic carbocycles. The lowest BCUT2D eigenvalue weighted by Gasteiger charge is -2.31. The summed E-state index contributed by atoms with van der Waals surface area (Å²) >= 11 is 3.19. The number of carbonyl (C=O) groups excluding carboxylic acids is 1. The Kier molecular flexibility index (Phi) is 6.30. The van der Waals surface area contributed by atoms with Gasteiger partial charge in [-0.3, -0.25) is 4.79 Å². The van der Waals surface area contributed by atoms with Gasteiger partial charge in [-0.1, -0.05) is 17.7 Å². The molecular formula is C22H25N3O3S3. The molecule has 0 spiro atoms. The first kappa shape index (κ1) is 22.1. The first-order chi connectivity index (χ1) is 14.7. The highest BCUT2D eigenvalue weighted by molar-refractivity contribution is 7.89. The fourth-order valence-corrected chi connectivity index (χ4v) is 7.01. The lowest BCUT2D eigenvalue weighted by molar-refractivity contribution is -0.120. The third-order valence-electron chi connectivity index (χ3n) is 5.42. The molecule has 0 radical (unpaired) electrons. The minimum absolute atomic E-state index is 0.133. The Hall–Kier alpha value is -2.07. The van der Waals surface area contributed by atoms with E-state index >= 15 is 0 Å². The summed E-state index contributed by atoms with van der Waals surface area (Å²) in [5.74, 6) is -0.509. The molecule has 0 saturated carbocycles. The molecule has 164 valence electrons. The Morgan fingerprint density at radius 3 is 2.61 bits per heavy atom. The number of rotatable bonds is 5. The van der Waals surface area contributed by atoms with Gasteiger partial charge in [0.1, 0.15) is 5.01 Å². The molecule has 1 aromatic carbocycles. The van der Waals surface area contributed by atoms with Crippen LogP contribution in [-0.4, -0.2) is 36.7 Å². The van der Waals surface area contributed by atoms with E-state index in [4.69, 9.17) is 0 Å². The van der Waals surface area contributed by atoms with Gasteiger partial charge in [-0.25, -0.2) is 13.4 Å². The van der Waals surface area contributed by atoms with Gasteiger partial charge in [-0.15, -0.1) is 22.7 Å². The maximum Gasteiger partial charge on any atom is 0.243 e. The zero-order chi connectivity index (χ0) is 22.2. The molecule has 0 unspecified atom stereocenters. The Labute approximate surface area is 191 Å². The fraction of sp³-hybridized carbons (Fsp3) is 0.364. The molecule has 3 heterocycles. The second kappa shape index (κ2) is 8.82. The van der Waals surface area contributed by atoms with Crippen molar-refractivity contribution in [3.8, 4) is 9.88 Å². The van der Waals surface area contributed by atoms with Crippen LogP contribution in [0.15, 0.2) is 40.6 Å². The van der Waals surface area contributed by atoms with Crippen molar-refractivity contribution in [3.63, 3.8) is 0 Å². The number of nitrogens with one attached hydrogen (secondary N) is 1. The van der Waals surface area contributed by atoms with E-state index < -0.39 is 10.0 Å². The third-order valence-corrected chi connectivity index (χ3v) is 9.48. The number of carbonyl (C=O) groups is 1. The molecule has 3 aromatic rings. The van der Waals surface area contributed by atoms with Crippen LogP contribution in [0.2, 0.25) is 0 Å². The number of hydrogen-bond donors (Lipinski definition) is 1. The molecule has 1 saturated heterocycles. The van der Waals surface area contributed by atoms with E-state index in [1.807, 2.05) is 32.2 Å². The van der Waals surface area contributed by atoms with Crippen molar-refractivity contribution in [1.82, 2.24) is 9.29 Å². The zero-order valence-corrected chi connectivity index (χ0v) is 20.2. The first-order valence-electron chi connectivity index (χ1n) is 10.1. The maximum absolute atomic E-state index is 13.0. The van der Waals surface area contributed by atoms with Crippen molar-refractivity contribution < 1.29 is 13.2 Å². The summed E-state index contributed by atoms with van der Waals surface area (Å²) in [7, 11) is -3.61. The highest BCUT2D eigenvalue weighted by atomic mass is 32.2.